The smallest absolute Gasteiger partial charge is 0.458 e. The Morgan fingerprint density at radius 2 is 1.44 bits per heavy atom. The first-order chi connectivity index (χ1) is 15.3. The molecule has 0 spiro atoms. The van der Waals surface area contributed by atoms with Gasteiger partial charge < -0.3 is 15.4 Å². The summed E-state index contributed by atoms with van der Waals surface area (Å²) >= 11 is 0. The summed E-state index contributed by atoms with van der Waals surface area (Å²) in [4.78, 5) is 35.5. The van der Waals surface area contributed by atoms with Crippen LogP contribution in [-0.4, -0.2) is 41.6 Å². The maximum absolute atomic E-state index is 12.4. The van der Waals surface area contributed by atoms with Crippen LogP contribution in [0.25, 0.3) is 0 Å². The summed E-state index contributed by atoms with van der Waals surface area (Å²) in [7, 11) is 0. The molecule has 0 aromatic rings. The van der Waals surface area contributed by atoms with Gasteiger partial charge in [-0.05, 0) is 91.9 Å². The van der Waals surface area contributed by atoms with E-state index in [9.17, 15) is 27.6 Å². The number of alkyl halides is 3. The number of carbonyl (C=O) groups is 3. The average Bonchev–Trinajstić information content (AvgIpc) is 3.41. The summed E-state index contributed by atoms with van der Waals surface area (Å²) in [6.45, 7) is 6.03. The fourth-order valence-corrected chi connectivity index (χ4v) is 2.39. The molecule has 2 N–H and O–H groups in total. The van der Waals surface area contributed by atoms with E-state index in [1.54, 1.807) is 38.2 Å². The minimum Gasteiger partial charge on any atom is -0.458 e. The van der Waals surface area contributed by atoms with Crippen LogP contribution in [0.5, 0.6) is 0 Å². The van der Waals surface area contributed by atoms with Gasteiger partial charge >= 0.3 is 35.1 Å². The van der Waals surface area contributed by atoms with Crippen LogP contribution in [-0.2, 0) is 36.2 Å². The van der Waals surface area contributed by atoms with Crippen LogP contribution in [0.3, 0.4) is 0 Å². The van der Waals surface area contributed by atoms with Crippen molar-refractivity contribution in [1.82, 2.24) is 10.6 Å². The summed E-state index contributed by atoms with van der Waals surface area (Å²) in [6, 6.07) is -2.61. The molecule has 34 heavy (non-hydrogen) atoms. The zero-order valence-corrected chi connectivity index (χ0v) is 20.4. The first-order valence-electron chi connectivity index (χ1n) is 10.3. The van der Waals surface area contributed by atoms with Gasteiger partial charge in [-0.2, -0.15) is 13.2 Å². The number of amides is 2. The van der Waals surface area contributed by atoms with Gasteiger partial charge in [0.15, 0.2) is 0 Å². The molecule has 0 aliphatic heterocycles. The van der Waals surface area contributed by atoms with E-state index in [1.165, 1.54) is 0 Å². The van der Waals surface area contributed by atoms with E-state index in [0.29, 0.717) is 0 Å². The molecule has 10 heteroatoms. The third-order valence-electron chi connectivity index (χ3n) is 3.93. The van der Waals surface area contributed by atoms with E-state index in [2.05, 4.69) is 5.32 Å². The zero-order chi connectivity index (χ0) is 25.1. The summed E-state index contributed by atoms with van der Waals surface area (Å²) in [6.07, 6.45) is 15.7. The second-order valence-corrected chi connectivity index (χ2v) is 8.11. The van der Waals surface area contributed by atoms with Crippen LogP contribution in [0, 0.1) is 63.7 Å². The summed E-state index contributed by atoms with van der Waals surface area (Å²) in [5.41, 5.74) is -0.814. The van der Waals surface area contributed by atoms with Gasteiger partial charge in [0.2, 0.25) is 5.91 Å². The Hall–Kier alpha value is -1.54. The molecule has 10 radical (unpaired) electrons. The van der Waals surface area contributed by atoms with Crippen LogP contribution in [0.1, 0.15) is 34.1 Å². The standard InChI is InChI=1S/C19H24F3N2O4.C5H5.Fe/c1-12(23-17(27)19(20,21)22)15(25)24-14(16(26)28-18(2,3)4)11-7-10-13-8-5-6-9-13;1-2-4-5-3-1;/h5-10,12,14H,11H2,1-4H3,(H,23,27)(H,24,25);1-5H;/q;;+2/b10-7+;;/t12-,14+;;/m0../s1. The number of ether oxygens (including phenoxy) is 1. The predicted octanol–water partition coefficient (Wildman–Crippen LogP) is 3.25. The maximum atomic E-state index is 12.4. The van der Waals surface area contributed by atoms with Crippen LogP contribution in [0.4, 0.5) is 13.2 Å². The summed E-state index contributed by atoms with van der Waals surface area (Å²) < 4.78 is 42.2. The van der Waals surface area contributed by atoms with Gasteiger partial charge in [0.25, 0.3) is 0 Å². The minimum atomic E-state index is -5.11. The Kier molecular flexibility index (Phi) is 14.8. The number of nitrogens with one attached hydrogen (secondary N) is 2. The third kappa shape index (κ3) is 14.0. The molecule has 0 aromatic carbocycles. The molecule has 2 atom stereocenters. The largest absolute Gasteiger partial charge is 2.00 e. The Balaban J connectivity index is 0.00000160. The zero-order valence-electron chi connectivity index (χ0n) is 19.3. The Labute approximate surface area is 211 Å². The summed E-state index contributed by atoms with van der Waals surface area (Å²) in [5, 5.41) is 3.87. The van der Waals surface area contributed by atoms with E-state index in [1.807, 2.05) is 57.8 Å². The van der Waals surface area contributed by atoms with Crippen LogP contribution in [0.15, 0.2) is 12.2 Å². The van der Waals surface area contributed by atoms with Crippen molar-refractivity contribution in [2.24, 2.45) is 0 Å². The van der Waals surface area contributed by atoms with Crippen molar-refractivity contribution >= 4 is 17.8 Å². The van der Waals surface area contributed by atoms with Crippen molar-refractivity contribution in [1.29, 1.82) is 0 Å². The van der Waals surface area contributed by atoms with E-state index >= 15 is 0 Å². The van der Waals surface area contributed by atoms with Crippen molar-refractivity contribution in [3.8, 4) is 0 Å². The molecule has 2 aliphatic carbocycles. The average molecular weight is 522 g/mol. The molecule has 0 unspecified atom stereocenters. The fourth-order valence-electron chi connectivity index (χ4n) is 2.39. The molecule has 2 fully saturated rings. The van der Waals surface area contributed by atoms with Crippen molar-refractivity contribution < 1.29 is 49.4 Å². The molecule has 186 valence electrons. The van der Waals surface area contributed by atoms with E-state index in [0.717, 1.165) is 12.8 Å². The quantitative estimate of drug-likeness (QED) is 0.397. The molecule has 0 heterocycles. The van der Waals surface area contributed by atoms with E-state index in [-0.39, 0.29) is 23.5 Å². The van der Waals surface area contributed by atoms with Gasteiger partial charge in [0.1, 0.15) is 17.7 Å². The molecular weight excluding hydrogens is 493 g/mol. The first kappa shape index (κ1) is 32.5. The van der Waals surface area contributed by atoms with Crippen LogP contribution in [0.2, 0.25) is 0 Å². The minimum absolute atomic E-state index is 0. The Morgan fingerprint density at radius 1 is 0.941 bits per heavy atom. The SMILES string of the molecule is C[C@H](NC(=O)C(F)(F)F)C(=O)N[C@H](C/C=C/[C]1[CH][CH][CH][CH]1)C(=O)OC(C)(C)C.[CH]1[CH][CH][CH][CH]1.[Fe+2]. The normalized spacial score (nSPS) is 18.3. The van der Waals surface area contributed by atoms with Gasteiger partial charge in [-0.1, -0.05) is 12.2 Å². The number of esters is 1. The van der Waals surface area contributed by atoms with E-state index < -0.39 is 41.6 Å². The molecule has 2 rings (SSSR count). The Morgan fingerprint density at radius 3 is 1.88 bits per heavy atom. The van der Waals surface area contributed by atoms with E-state index in [4.69, 9.17) is 4.74 Å². The Bertz CT molecular complexity index is 661. The molecule has 0 saturated heterocycles. The topological polar surface area (TPSA) is 84.5 Å². The fraction of sp³-hybridized carbons (Fsp3) is 0.375. The molecule has 0 bridgehead atoms. The monoisotopic (exact) mass is 522 g/mol. The van der Waals surface area contributed by atoms with Gasteiger partial charge in [0, 0.05) is 5.92 Å². The number of hydrogen-bond donors (Lipinski definition) is 2. The van der Waals surface area contributed by atoms with Crippen molar-refractivity contribution in [2.45, 2.75) is 58.0 Å². The third-order valence-corrected chi connectivity index (χ3v) is 3.93. The van der Waals surface area contributed by atoms with Crippen molar-refractivity contribution in [2.75, 3.05) is 0 Å². The number of allylic oxidation sites excluding steroid dienone is 1. The number of hydrogen-bond acceptors (Lipinski definition) is 4. The predicted molar refractivity (Wildman–Crippen MR) is 117 cm³/mol. The van der Waals surface area contributed by atoms with Crippen LogP contribution < -0.4 is 10.6 Å². The van der Waals surface area contributed by atoms with Crippen LogP contribution >= 0.6 is 0 Å². The second-order valence-electron chi connectivity index (χ2n) is 8.11. The number of carbonyl (C=O) groups excluding carboxylic acids is 3. The van der Waals surface area contributed by atoms with Gasteiger partial charge in [-0.15, -0.1) is 0 Å². The van der Waals surface area contributed by atoms with Gasteiger partial charge in [-0.25, -0.2) is 4.79 Å². The van der Waals surface area contributed by atoms with Crippen molar-refractivity contribution in [3.63, 3.8) is 0 Å². The van der Waals surface area contributed by atoms with Crippen molar-refractivity contribution in [3.05, 3.63) is 75.9 Å². The molecule has 2 saturated carbocycles. The molecule has 2 amide bonds. The molecule has 2 aliphatic rings. The van der Waals surface area contributed by atoms with Gasteiger partial charge in [-0.3, -0.25) is 9.59 Å². The molecule has 0 aromatic heterocycles. The first-order valence-corrected chi connectivity index (χ1v) is 10.3. The number of rotatable bonds is 7. The maximum Gasteiger partial charge on any atom is 2.00 e. The molecular formula is C24H29F3FeN2O4+2. The number of halogens is 3. The second kappa shape index (κ2) is 15.5. The van der Waals surface area contributed by atoms with Gasteiger partial charge in [0.05, 0.1) is 0 Å². The summed E-state index contributed by atoms with van der Waals surface area (Å²) in [5.74, 6) is -3.02. The molecule has 6 nitrogen and oxygen atoms in total.